The maximum absolute atomic E-state index is 11.1. The lowest BCUT2D eigenvalue weighted by atomic mass is 10.2. The summed E-state index contributed by atoms with van der Waals surface area (Å²) < 4.78 is 1.76. The van der Waals surface area contributed by atoms with Gasteiger partial charge in [0, 0.05) is 16.9 Å². The SMILES string of the molecule is CCc1c(C(=O)O)ccn1-c1cc(Cl)ccc1Cl. The van der Waals surface area contributed by atoms with Crippen molar-refractivity contribution >= 4 is 29.2 Å². The molecule has 1 aromatic carbocycles. The number of hydrogen-bond acceptors (Lipinski definition) is 1. The number of hydrogen-bond donors (Lipinski definition) is 1. The molecule has 18 heavy (non-hydrogen) atoms. The minimum absolute atomic E-state index is 0.286. The number of benzene rings is 1. The first-order valence-electron chi connectivity index (χ1n) is 5.43. The molecule has 0 aliphatic heterocycles. The second-order valence-corrected chi connectivity index (χ2v) is 4.64. The number of carboxylic acids is 1. The Morgan fingerprint density at radius 2 is 2.06 bits per heavy atom. The molecule has 3 nitrogen and oxygen atoms in total. The fraction of sp³-hybridized carbons (Fsp3) is 0.154. The molecule has 0 radical (unpaired) electrons. The zero-order valence-electron chi connectivity index (χ0n) is 9.65. The third kappa shape index (κ3) is 2.24. The van der Waals surface area contributed by atoms with Crippen molar-refractivity contribution in [1.29, 1.82) is 0 Å². The fourth-order valence-electron chi connectivity index (χ4n) is 1.92. The number of carbonyl (C=O) groups is 1. The molecule has 0 amide bonds. The van der Waals surface area contributed by atoms with Crippen LogP contribution in [-0.4, -0.2) is 15.6 Å². The van der Waals surface area contributed by atoms with E-state index in [2.05, 4.69) is 0 Å². The molecular weight excluding hydrogens is 273 g/mol. The Morgan fingerprint density at radius 1 is 1.33 bits per heavy atom. The second kappa shape index (κ2) is 5.04. The number of nitrogens with zero attached hydrogens (tertiary/aromatic N) is 1. The predicted octanol–water partition coefficient (Wildman–Crippen LogP) is 4.04. The second-order valence-electron chi connectivity index (χ2n) is 3.80. The highest BCUT2D eigenvalue weighted by Gasteiger charge is 2.16. The number of rotatable bonds is 3. The van der Waals surface area contributed by atoms with Crippen LogP contribution in [0.4, 0.5) is 0 Å². The molecular formula is C13H11Cl2NO2. The zero-order chi connectivity index (χ0) is 13.3. The van der Waals surface area contributed by atoms with E-state index in [4.69, 9.17) is 28.3 Å². The standard InChI is InChI=1S/C13H11Cl2NO2/c1-2-11-9(13(17)18)5-6-16(11)12-7-8(14)3-4-10(12)15/h3-7H,2H2,1H3,(H,17,18). The Kier molecular flexibility index (Phi) is 3.64. The van der Waals surface area contributed by atoms with Gasteiger partial charge in [-0.25, -0.2) is 4.79 Å². The first kappa shape index (κ1) is 13.0. The lowest BCUT2D eigenvalue weighted by Crippen LogP contribution is -2.04. The van der Waals surface area contributed by atoms with E-state index in [-0.39, 0.29) is 5.56 Å². The van der Waals surface area contributed by atoms with E-state index in [0.717, 1.165) is 0 Å². The molecule has 0 atom stereocenters. The molecule has 0 spiro atoms. The van der Waals surface area contributed by atoms with Crippen LogP contribution in [0, 0.1) is 0 Å². The van der Waals surface area contributed by atoms with Crippen LogP contribution in [0.5, 0.6) is 0 Å². The molecule has 1 aromatic heterocycles. The fourth-order valence-corrected chi connectivity index (χ4v) is 2.29. The minimum Gasteiger partial charge on any atom is -0.478 e. The summed E-state index contributed by atoms with van der Waals surface area (Å²) >= 11 is 12.1. The molecule has 0 saturated heterocycles. The van der Waals surface area contributed by atoms with Crippen molar-refractivity contribution in [2.75, 3.05) is 0 Å². The summed E-state index contributed by atoms with van der Waals surface area (Å²) in [5.41, 5.74) is 1.67. The monoisotopic (exact) mass is 283 g/mol. The van der Waals surface area contributed by atoms with E-state index in [0.29, 0.717) is 27.8 Å². The number of aromatic nitrogens is 1. The van der Waals surface area contributed by atoms with Crippen molar-refractivity contribution in [3.63, 3.8) is 0 Å². The third-order valence-corrected chi connectivity index (χ3v) is 3.28. The number of aromatic carboxylic acids is 1. The van der Waals surface area contributed by atoms with Crippen LogP contribution in [0.3, 0.4) is 0 Å². The van der Waals surface area contributed by atoms with Crippen LogP contribution >= 0.6 is 23.2 Å². The highest BCUT2D eigenvalue weighted by Crippen LogP contribution is 2.27. The van der Waals surface area contributed by atoms with Crippen LogP contribution in [0.15, 0.2) is 30.5 Å². The van der Waals surface area contributed by atoms with Gasteiger partial charge in [0.1, 0.15) is 0 Å². The molecule has 1 heterocycles. The van der Waals surface area contributed by atoms with Gasteiger partial charge in [0.15, 0.2) is 0 Å². The van der Waals surface area contributed by atoms with Crippen molar-refractivity contribution in [3.05, 3.63) is 51.8 Å². The van der Waals surface area contributed by atoms with Gasteiger partial charge in [0.05, 0.1) is 16.3 Å². The van der Waals surface area contributed by atoms with Crippen LogP contribution in [0.1, 0.15) is 23.0 Å². The van der Waals surface area contributed by atoms with Crippen molar-refractivity contribution in [1.82, 2.24) is 4.57 Å². The lowest BCUT2D eigenvalue weighted by Gasteiger charge is -2.11. The lowest BCUT2D eigenvalue weighted by molar-refractivity contribution is 0.0696. The summed E-state index contributed by atoms with van der Waals surface area (Å²) in [7, 11) is 0. The molecule has 2 rings (SSSR count). The van der Waals surface area contributed by atoms with E-state index in [9.17, 15) is 4.79 Å². The van der Waals surface area contributed by atoms with Gasteiger partial charge >= 0.3 is 5.97 Å². The van der Waals surface area contributed by atoms with Gasteiger partial charge < -0.3 is 9.67 Å². The highest BCUT2D eigenvalue weighted by molar-refractivity contribution is 6.34. The summed E-state index contributed by atoms with van der Waals surface area (Å²) in [5, 5.41) is 10.2. The molecule has 0 fully saturated rings. The Hall–Kier alpha value is -1.45. The Bertz CT molecular complexity index is 605. The molecule has 1 N–H and O–H groups in total. The van der Waals surface area contributed by atoms with Crippen LogP contribution in [-0.2, 0) is 6.42 Å². The van der Waals surface area contributed by atoms with E-state index in [1.807, 2.05) is 6.92 Å². The van der Waals surface area contributed by atoms with Gasteiger partial charge in [0.2, 0.25) is 0 Å². The smallest absolute Gasteiger partial charge is 0.337 e. The molecule has 0 unspecified atom stereocenters. The van der Waals surface area contributed by atoms with Gasteiger partial charge in [-0.2, -0.15) is 0 Å². The number of carboxylic acid groups (broad SMARTS) is 1. The molecule has 0 aliphatic carbocycles. The van der Waals surface area contributed by atoms with Gasteiger partial charge in [-0.3, -0.25) is 0 Å². The maximum atomic E-state index is 11.1. The Morgan fingerprint density at radius 3 is 2.67 bits per heavy atom. The normalized spacial score (nSPS) is 10.6. The molecule has 0 saturated carbocycles. The van der Waals surface area contributed by atoms with Crippen molar-refractivity contribution < 1.29 is 9.90 Å². The van der Waals surface area contributed by atoms with Crippen LogP contribution < -0.4 is 0 Å². The zero-order valence-corrected chi connectivity index (χ0v) is 11.2. The molecule has 0 bridgehead atoms. The quantitative estimate of drug-likeness (QED) is 0.924. The summed E-state index contributed by atoms with van der Waals surface area (Å²) in [5.74, 6) is -0.941. The van der Waals surface area contributed by atoms with Crippen molar-refractivity contribution in [3.8, 4) is 5.69 Å². The third-order valence-electron chi connectivity index (χ3n) is 2.72. The van der Waals surface area contributed by atoms with Crippen LogP contribution in [0.25, 0.3) is 5.69 Å². The molecule has 0 aliphatic rings. The predicted molar refractivity (Wildman–Crippen MR) is 72.1 cm³/mol. The van der Waals surface area contributed by atoms with Crippen molar-refractivity contribution in [2.45, 2.75) is 13.3 Å². The Balaban J connectivity index is 2.64. The van der Waals surface area contributed by atoms with Crippen molar-refractivity contribution in [2.24, 2.45) is 0 Å². The summed E-state index contributed by atoms with van der Waals surface area (Å²) in [6, 6.07) is 6.67. The summed E-state index contributed by atoms with van der Waals surface area (Å²) in [6.07, 6.45) is 2.29. The van der Waals surface area contributed by atoms with E-state index >= 15 is 0 Å². The first-order valence-corrected chi connectivity index (χ1v) is 6.19. The maximum Gasteiger partial charge on any atom is 0.337 e. The topological polar surface area (TPSA) is 42.2 Å². The minimum atomic E-state index is -0.941. The summed E-state index contributed by atoms with van der Waals surface area (Å²) in [4.78, 5) is 11.1. The van der Waals surface area contributed by atoms with Gasteiger partial charge in [-0.15, -0.1) is 0 Å². The molecule has 5 heteroatoms. The van der Waals surface area contributed by atoms with E-state index < -0.39 is 5.97 Å². The van der Waals surface area contributed by atoms with Gasteiger partial charge in [-0.1, -0.05) is 30.1 Å². The molecule has 2 aromatic rings. The first-order chi connectivity index (χ1) is 8.54. The van der Waals surface area contributed by atoms with Gasteiger partial charge in [-0.05, 0) is 30.7 Å². The van der Waals surface area contributed by atoms with Gasteiger partial charge in [0.25, 0.3) is 0 Å². The van der Waals surface area contributed by atoms with E-state index in [1.54, 1.807) is 35.0 Å². The van der Waals surface area contributed by atoms with Crippen LogP contribution in [0.2, 0.25) is 10.0 Å². The molecule has 94 valence electrons. The average molecular weight is 284 g/mol. The van der Waals surface area contributed by atoms with E-state index in [1.165, 1.54) is 0 Å². The Labute approximate surface area is 115 Å². The number of halogens is 2. The highest BCUT2D eigenvalue weighted by atomic mass is 35.5. The summed E-state index contributed by atoms with van der Waals surface area (Å²) in [6.45, 7) is 1.90. The largest absolute Gasteiger partial charge is 0.478 e. The average Bonchev–Trinajstić information content (AvgIpc) is 2.75.